The summed E-state index contributed by atoms with van der Waals surface area (Å²) in [6.07, 6.45) is -0.516. The molecule has 3 nitrogen and oxygen atoms in total. The second kappa shape index (κ2) is 8.39. The van der Waals surface area contributed by atoms with E-state index in [-0.39, 0.29) is 0 Å². The standard InChI is InChI=1S/C15H18ClNO2S/c16-15-6-2-1-4-12(15)10-19-11-13(18)8-17-9-14-5-3-7-20-14/h1-7,13,17-18H,8-11H2. The van der Waals surface area contributed by atoms with E-state index in [2.05, 4.69) is 11.4 Å². The minimum absolute atomic E-state index is 0.294. The Bertz CT molecular complexity index is 504. The summed E-state index contributed by atoms with van der Waals surface area (Å²) in [5.74, 6) is 0. The lowest BCUT2D eigenvalue weighted by molar-refractivity contribution is 0.0288. The fourth-order valence-corrected chi connectivity index (χ4v) is 2.62. The predicted molar refractivity (Wildman–Crippen MR) is 83.1 cm³/mol. The highest BCUT2D eigenvalue weighted by molar-refractivity contribution is 7.09. The first-order valence-electron chi connectivity index (χ1n) is 6.48. The fourth-order valence-electron chi connectivity index (χ4n) is 1.75. The third-order valence-electron chi connectivity index (χ3n) is 2.78. The molecule has 1 aromatic carbocycles. The zero-order valence-electron chi connectivity index (χ0n) is 11.1. The first kappa shape index (κ1) is 15.5. The fraction of sp³-hybridized carbons (Fsp3) is 0.333. The number of ether oxygens (including phenoxy) is 1. The SMILES string of the molecule is OC(CNCc1cccs1)COCc1ccccc1Cl. The van der Waals surface area contributed by atoms with E-state index < -0.39 is 6.10 Å². The van der Waals surface area contributed by atoms with E-state index in [0.29, 0.717) is 24.8 Å². The highest BCUT2D eigenvalue weighted by Crippen LogP contribution is 2.15. The molecule has 1 heterocycles. The van der Waals surface area contributed by atoms with Crippen molar-refractivity contribution in [2.24, 2.45) is 0 Å². The van der Waals surface area contributed by atoms with Gasteiger partial charge < -0.3 is 15.2 Å². The van der Waals surface area contributed by atoms with E-state index in [0.717, 1.165) is 12.1 Å². The molecule has 20 heavy (non-hydrogen) atoms. The summed E-state index contributed by atoms with van der Waals surface area (Å²) in [7, 11) is 0. The Morgan fingerprint density at radius 3 is 2.85 bits per heavy atom. The normalized spacial score (nSPS) is 12.5. The zero-order chi connectivity index (χ0) is 14.2. The van der Waals surface area contributed by atoms with Gasteiger partial charge in [-0.1, -0.05) is 35.9 Å². The van der Waals surface area contributed by atoms with E-state index in [1.165, 1.54) is 4.88 Å². The number of aliphatic hydroxyl groups is 1. The number of halogens is 1. The van der Waals surface area contributed by atoms with Gasteiger partial charge in [0.25, 0.3) is 0 Å². The first-order valence-corrected chi connectivity index (χ1v) is 7.74. The van der Waals surface area contributed by atoms with Gasteiger partial charge >= 0.3 is 0 Å². The lowest BCUT2D eigenvalue weighted by Gasteiger charge is -2.12. The number of benzene rings is 1. The van der Waals surface area contributed by atoms with Gasteiger partial charge in [0, 0.05) is 23.0 Å². The van der Waals surface area contributed by atoms with Gasteiger partial charge in [-0.15, -0.1) is 11.3 Å². The van der Waals surface area contributed by atoms with Crippen LogP contribution in [0.1, 0.15) is 10.4 Å². The van der Waals surface area contributed by atoms with Crippen LogP contribution in [0.25, 0.3) is 0 Å². The minimum Gasteiger partial charge on any atom is -0.389 e. The average Bonchev–Trinajstić information content (AvgIpc) is 2.94. The molecule has 1 atom stereocenters. The summed E-state index contributed by atoms with van der Waals surface area (Å²) < 4.78 is 5.48. The lowest BCUT2D eigenvalue weighted by atomic mass is 10.2. The van der Waals surface area contributed by atoms with Crippen LogP contribution in [-0.2, 0) is 17.9 Å². The molecule has 1 unspecified atom stereocenters. The van der Waals surface area contributed by atoms with Crippen molar-refractivity contribution in [3.63, 3.8) is 0 Å². The van der Waals surface area contributed by atoms with Crippen LogP contribution in [0, 0.1) is 0 Å². The Hall–Kier alpha value is -0.910. The van der Waals surface area contributed by atoms with Crippen LogP contribution in [-0.4, -0.2) is 24.4 Å². The summed E-state index contributed by atoms with van der Waals surface area (Å²) in [4.78, 5) is 1.26. The monoisotopic (exact) mass is 311 g/mol. The largest absolute Gasteiger partial charge is 0.389 e. The van der Waals surface area contributed by atoms with Gasteiger partial charge in [0.1, 0.15) is 0 Å². The van der Waals surface area contributed by atoms with E-state index >= 15 is 0 Å². The Labute approximate surface area is 128 Å². The zero-order valence-corrected chi connectivity index (χ0v) is 12.7. The van der Waals surface area contributed by atoms with Gasteiger partial charge in [-0.25, -0.2) is 0 Å². The van der Waals surface area contributed by atoms with Gasteiger partial charge in [-0.3, -0.25) is 0 Å². The third-order valence-corrected chi connectivity index (χ3v) is 4.03. The van der Waals surface area contributed by atoms with Crippen molar-refractivity contribution in [2.75, 3.05) is 13.2 Å². The van der Waals surface area contributed by atoms with Crippen LogP contribution in [0.4, 0.5) is 0 Å². The van der Waals surface area contributed by atoms with Gasteiger partial charge in [-0.2, -0.15) is 0 Å². The second-order valence-corrected chi connectivity index (χ2v) is 5.91. The minimum atomic E-state index is -0.516. The quantitative estimate of drug-likeness (QED) is 0.787. The van der Waals surface area contributed by atoms with Crippen LogP contribution in [0.2, 0.25) is 5.02 Å². The van der Waals surface area contributed by atoms with Crippen LogP contribution in [0.5, 0.6) is 0 Å². The van der Waals surface area contributed by atoms with Gasteiger partial charge in [0.05, 0.1) is 19.3 Å². The average molecular weight is 312 g/mol. The molecule has 1 aromatic heterocycles. The third kappa shape index (κ3) is 5.23. The summed E-state index contributed by atoms with van der Waals surface area (Å²) >= 11 is 7.73. The Kier molecular flexibility index (Phi) is 6.50. The van der Waals surface area contributed by atoms with Crippen molar-refractivity contribution in [2.45, 2.75) is 19.3 Å². The van der Waals surface area contributed by atoms with Crippen molar-refractivity contribution in [3.8, 4) is 0 Å². The van der Waals surface area contributed by atoms with Crippen molar-refractivity contribution in [1.82, 2.24) is 5.32 Å². The predicted octanol–water partition coefficient (Wildman–Crippen LogP) is 3.07. The first-order chi connectivity index (χ1) is 9.75. The molecule has 108 valence electrons. The molecule has 0 saturated heterocycles. The maximum Gasteiger partial charge on any atom is 0.0897 e. The molecule has 2 aromatic rings. The van der Waals surface area contributed by atoms with Crippen molar-refractivity contribution in [3.05, 3.63) is 57.2 Å². The molecule has 5 heteroatoms. The smallest absolute Gasteiger partial charge is 0.0897 e. The molecule has 0 fully saturated rings. The molecule has 0 aliphatic heterocycles. The number of aliphatic hydroxyl groups excluding tert-OH is 1. The summed E-state index contributed by atoms with van der Waals surface area (Å²) in [6, 6.07) is 11.6. The molecule has 0 aliphatic carbocycles. The number of hydrogen-bond acceptors (Lipinski definition) is 4. The molecule has 0 spiro atoms. The van der Waals surface area contributed by atoms with Crippen molar-refractivity contribution >= 4 is 22.9 Å². The van der Waals surface area contributed by atoms with Crippen LogP contribution >= 0.6 is 22.9 Å². The molecule has 2 N–H and O–H groups in total. The molecule has 0 bridgehead atoms. The van der Waals surface area contributed by atoms with Crippen molar-refractivity contribution in [1.29, 1.82) is 0 Å². The van der Waals surface area contributed by atoms with Gasteiger partial charge in [0.15, 0.2) is 0 Å². The highest BCUT2D eigenvalue weighted by Gasteiger charge is 2.05. The Morgan fingerprint density at radius 2 is 2.10 bits per heavy atom. The lowest BCUT2D eigenvalue weighted by Crippen LogP contribution is -2.29. The van der Waals surface area contributed by atoms with E-state index in [1.807, 2.05) is 35.7 Å². The summed E-state index contributed by atoms with van der Waals surface area (Å²) in [5, 5.41) is 15.7. The summed E-state index contributed by atoms with van der Waals surface area (Å²) in [6.45, 7) is 2.00. The molecule has 0 amide bonds. The molecular formula is C15H18ClNO2S. The van der Waals surface area contributed by atoms with E-state index in [1.54, 1.807) is 11.3 Å². The highest BCUT2D eigenvalue weighted by atomic mass is 35.5. The van der Waals surface area contributed by atoms with Crippen LogP contribution in [0.3, 0.4) is 0 Å². The number of rotatable bonds is 8. The molecule has 0 radical (unpaired) electrons. The second-order valence-electron chi connectivity index (χ2n) is 4.47. The molecule has 0 aliphatic rings. The Balaban J connectivity index is 1.60. The molecule has 0 saturated carbocycles. The molecular weight excluding hydrogens is 294 g/mol. The molecule has 2 rings (SSSR count). The maximum atomic E-state index is 9.81. The van der Waals surface area contributed by atoms with Crippen LogP contribution < -0.4 is 5.32 Å². The number of nitrogens with one attached hydrogen (secondary N) is 1. The number of thiophene rings is 1. The Morgan fingerprint density at radius 1 is 1.25 bits per heavy atom. The topological polar surface area (TPSA) is 41.5 Å². The van der Waals surface area contributed by atoms with Crippen molar-refractivity contribution < 1.29 is 9.84 Å². The van der Waals surface area contributed by atoms with E-state index in [4.69, 9.17) is 16.3 Å². The van der Waals surface area contributed by atoms with Gasteiger partial charge in [-0.05, 0) is 23.1 Å². The van der Waals surface area contributed by atoms with Crippen LogP contribution in [0.15, 0.2) is 41.8 Å². The van der Waals surface area contributed by atoms with Gasteiger partial charge in [0.2, 0.25) is 0 Å². The maximum absolute atomic E-state index is 9.81. The number of hydrogen-bond donors (Lipinski definition) is 2. The summed E-state index contributed by atoms with van der Waals surface area (Å²) in [5.41, 5.74) is 0.938. The van der Waals surface area contributed by atoms with E-state index in [9.17, 15) is 5.11 Å².